The second-order valence-electron chi connectivity index (χ2n) is 0.476. The molecule has 0 fully saturated rings. The Balaban J connectivity index is 0. The van der Waals surface area contributed by atoms with E-state index in [2.05, 4.69) is 4.33 Å². The fraction of sp³-hybridized carbons (Fsp3) is 0. The maximum absolute atomic E-state index is 8.91. The van der Waals surface area contributed by atoms with Crippen molar-refractivity contribution in [1.82, 2.24) is 0 Å². The molecule has 38 valence electrons. The van der Waals surface area contributed by atoms with Crippen molar-refractivity contribution in [3.63, 3.8) is 0 Å². The van der Waals surface area contributed by atoms with Gasteiger partial charge in [-0.05, 0) is 0 Å². The van der Waals surface area contributed by atoms with Gasteiger partial charge in [0.1, 0.15) is 0 Å². The van der Waals surface area contributed by atoms with Crippen molar-refractivity contribution in [2.75, 3.05) is 0 Å². The topological polar surface area (TPSA) is 89.5 Å². The van der Waals surface area contributed by atoms with Crippen LogP contribution in [0.1, 0.15) is 0 Å². The molecule has 0 unspecified atom stereocenters. The van der Waals surface area contributed by atoms with E-state index >= 15 is 0 Å². The third-order valence-electron chi connectivity index (χ3n) is 0.0833. The smallest absolute Gasteiger partial charge is 0.726 e. The standard InChI is InChI=1S/Al.H2O5S/c;1-5-6(2,3)4/h;1H,(H,2,3,4)/q+3;/p-2. The second-order valence-corrected chi connectivity index (χ2v) is 1.43. The van der Waals surface area contributed by atoms with E-state index in [9.17, 15) is 0 Å². The van der Waals surface area contributed by atoms with Gasteiger partial charge in [-0.2, -0.15) is 0 Å². The first kappa shape index (κ1) is 10.4. The largest absolute Gasteiger partial charge is 3.00 e. The van der Waals surface area contributed by atoms with Gasteiger partial charge in [0.05, 0.1) is 0 Å². The summed E-state index contributed by atoms with van der Waals surface area (Å²) in [7, 11) is -4.97. The minimum absolute atomic E-state index is 0. The van der Waals surface area contributed by atoms with Crippen molar-refractivity contribution >= 4 is 27.8 Å². The van der Waals surface area contributed by atoms with E-state index in [1.807, 2.05) is 0 Å². The maximum atomic E-state index is 8.91. The quantitative estimate of drug-likeness (QED) is 0.130. The minimum atomic E-state index is -4.97. The third kappa shape index (κ3) is 10.7. The molecule has 0 aliphatic heterocycles. The van der Waals surface area contributed by atoms with E-state index in [-0.39, 0.29) is 17.4 Å². The molecule has 0 rings (SSSR count). The van der Waals surface area contributed by atoms with Crippen molar-refractivity contribution in [3.05, 3.63) is 0 Å². The zero-order chi connectivity index (χ0) is 5.21. The van der Waals surface area contributed by atoms with Gasteiger partial charge in [0.2, 0.25) is 10.4 Å². The second kappa shape index (κ2) is 3.38. The number of hydrogen-bond donors (Lipinski definition) is 0. The zero-order valence-electron chi connectivity index (χ0n) is 3.03. The van der Waals surface area contributed by atoms with Crippen LogP contribution in [0.15, 0.2) is 0 Å². The van der Waals surface area contributed by atoms with Crippen LogP contribution < -0.4 is 5.26 Å². The summed E-state index contributed by atoms with van der Waals surface area (Å²) >= 11 is 0. The van der Waals surface area contributed by atoms with E-state index in [4.69, 9.17) is 18.2 Å². The van der Waals surface area contributed by atoms with E-state index < -0.39 is 10.4 Å². The summed E-state index contributed by atoms with van der Waals surface area (Å²) in [6, 6.07) is 0. The predicted molar refractivity (Wildman–Crippen MR) is 16.5 cm³/mol. The Morgan fingerprint density at radius 3 is 1.57 bits per heavy atom. The Morgan fingerprint density at radius 2 is 1.57 bits per heavy atom. The summed E-state index contributed by atoms with van der Waals surface area (Å²) in [6.45, 7) is 0. The predicted octanol–water partition coefficient (Wildman–Crippen LogP) is -2.64. The van der Waals surface area contributed by atoms with Gasteiger partial charge >= 0.3 is 17.4 Å². The monoisotopic (exact) mass is 139 g/mol. The summed E-state index contributed by atoms with van der Waals surface area (Å²) in [5.74, 6) is 0. The summed E-state index contributed by atoms with van der Waals surface area (Å²) in [4.78, 5) is 0. The molecule has 0 aromatic carbocycles. The Morgan fingerprint density at radius 1 is 1.43 bits per heavy atom. The first-order valence-electron chi connectivity index (χ1n) is 0.833. The summed E-state index contributed by atoms with van der Waals surface area (Å²) in [6.07, 6.45) is 0. The SMILES string of the molecule is O=S(=O)([O-])O[O-].[Al+3]. The van der Waals surface area contributed by atoms with Crippen LogP contribution in [0.2, 0.25) is 0 Å². The molecule has 0 aromatic rings. The Labute approximate surface area is 50.9 Å². The molecule has 5 nitrogen and oxygen atoms in total. The van der Waals surface area contributed by atoms with E-state index in [1.165, 1.54) is 0 Å². The van der Waals surface area contributed by atoms with E-state index in [0.717, 1.165) is 0 Å². The van der Waals surface area contributed by atoms with Crippen LogP contribution in [0, 0.1) is 0 Å². The van der Waals surface area contributed by atoms with E-state index in [0.29, 0.717) is 0 Å². The molecule has 0 spiro atoms. The van der Waals surface area contributed by atoms with Crippen molar-refractivity contribution in [2.24, 2.45) is 0 Å². The molecule has 0 radical (unpaired) electrons. The fourth-order valence-corrected chi connectivity index (χ4v) is 0. The number of rotatable bonds is 1. The molecule has 0 aromatic heterocycles. The normalized spacial score (nSPS) is 10.0. The number of hydrogen-bond acceptors (Lipinski definition) is 5. The van der Waals surface area contributed by atoms with Crippen LogP contribution in [0.25, 0.3) is 0 Å². The minimum Gasteiger partial charge on any atom is -0.726 e. The molecule has 0 N–H and O–H groups in total. The van der Waals surface area contributed by atoms with Gasteiger partial charge in [0.15, 0.2) is 0 Å². The average Bonchev–Trinajstić information content (AvgIpc) is 1.35. The molecule has 0 saturated heterocycles. The van der Waals surface area contributed by atoms with Gasteiger partial charge in [-0.1, -0.05) is 0 Å². The van der Waals surface area contributed by atoms with Gasteiger partial charge in [-0.15, -0.1) is 0 Å². The van der Waals surface area contributed by atoms with Gasteiger partial charge in [-0.3, -0.25) is 0 Å². The molecule has 0 amide bonds. The molecule has 0 atom stereocenters. The summed E-state index contributed by atoms with van der Waals surface area (Å²) in [5, 5.41) is 8.55. The molecule has 0 aliphatic carbocycles. The van der Waals surface area contributed by atoms with Gasteiger partial charge < -0.3 is 14.1 Å². The van der Waals surface area contributed by atoms with E-state index in [1.54, 1.807) is 0 Å². The Hall–Kier alpha value is 0.362. The van der Waals surface area contributed by atoms with Crippen LogP contribution in [-0.2, 0) is 14.7 Å². The van der Waals surface area contributed by atoms with Gasteiger partial charge in [0, 0.05) is 0 Å². The molecular weight excluding hydrogens is 139 g/mol. The summed E-state index contributed by atoms with van der Waals surface area (Å²) in [5.41, 5.74) is 0. The Kier molecular flexibility index (Phi) is 5.00. The van der Waals surface area contributed by atoms with Crippen LogP contribution >= 0.6 is 0 Å². The molecule has 0 aliphatic rings. The molecule has 0 heterocycles. The maximum Gasteiger partial charge on any atom is 3.00 e. The molecule has 0 saturated carbocycles. The van der Waals surface area contributed by atoms with Crippen molar-refractivity contribution in [2.45, 2.75) is 0 Å². The zero-order valence-corrected chi connectivity index (χ0v) is 5.00. The van der Waals surface area contributed by atoms with Crippen LogP contribution in [0.5, 0.6) is 0 Å². The van der Waals surface area contributed by atoms with Crippen molar-refractivity contribution in [3.8, 4) is 0 Å². The van der Waals surface area contributed by atoms with Gasteiger partial charge in [0.25, 0.3) is 0 Å². The Bertz CT molecular complexity index is 110. The van der Waals surface area contributed by atoms with Crippen LogP contribution in [-0.4, -0.2) is 30.3 Å². The molecule has 0 bridgehead atoms. The molecule has 7 heteroatoms. The summed E-state index contributed by atoms with van der Waals surface area (Å²) < 4.78 is 28.8. The van der Waals surface area contributed by atoms with Crippen molar-refractivity contribution < 1.29 is 22.6 Å². The van der Waals surface area contributed by atoms with Crippen LogP contribution in [0.4, 0.5) is 0 Å². The van der Waals surface area contributed by atoms with Crippen LogP contribution in [0.3, 0.4) is 0 Å². The fourth-order valence-electron chi connectivity index (χ4n) is 0. The molecule has 7 heavy (non-hydrogen) atoms. The van der Waals surface area contributed by atoms with Crippen molar-refractivity contribution in [1.29, 1.82) is 0 Å². The first-order valence-corrected chi connectivity index (χ1v) is 2.17. The average molecular weight is 139 g/mol. The first-order chi connectivity index (χ1) is 2.56. The third-order valence-corrected chi connectivity index (χ3v) is 0.250. The molecular formula is AlO5S+. The van der Waals surface area contributed by atoms with Gasteiger partial charge in [-0.25, -0.2) is 8.42 Å².